The van der Waals surface area contributed by atoms with Gasteiger partial charge >= 0.3 is 0 Å². The van der Waals surface area contributed by atoms with Gasteiger partial charge in [0, 0.05) is 11.4 Å². The summed E-state index contributed by atoms with van der Waals surface area (Å²) in [5.74, 6) is 0.680. The summed E-state index contributed by atoms with van der Waals surface area (Å²) in [6, 6.07) is 7.48. The molecule has 0 radical (unpaired) electrons. The Morgan fingerprint density at radius 2 is 1.96 bits per heavy atom. The van der Waals surface area contributed by atoms with Gasteiger partial charge in [-0.3, -0.25) is 0 Å². The number of nitrogens with one attached hydrogen (secondary N) is 3. The normalized spacial score (nSPS) is 12.2. The number of hydrogen-bond acceptors (Lipinski definition) is 5. The van der Waals surface area contributed by atoms with Crippen LogP contribution in [0.4, 0.5) is 0 Å². The van der Waals surface area contributed by atoms with Gasteiger partial charge in [0.1, 0.15) is 0 Å². The van der Waals surface area contributed by atoms with Crippen LogP contribution in [0.25, 0.3) is 0 Å². The fraction of sp³-hybridized carbons (Fsp3) is 0.444. The first-order valence-corrected chi connectivity index (χ1v) is 11.2. The summed E-state index contributed by atoms with van der Waals surface area (Å²) in [5.41, 5.74) is 2.74. The van der Waals surface area contributed by atoms with E-state index >= 15 is 0 Å². The predicted molar refractivity (Wildman–Crippen MR) is 111 cm³/mol. The van der Waals surface area contributed by atoms with E-state index in [0.717, 1.165) is 34.3 Å². The van der Waals surface area contributed by atoms with Crippen molar-refractivity contribution < 1.29 is 8.42 Å². The first-order valence-electron chi connectivity index (χ1n) is 8.77. The molecule has 27 heavy (non-hydrogen) atoms. The zero-order valence-electron chi connectivity index (χ0n) is 16.2. The first kappa shape index (κ1) is 21.3. The highest BCUT2D eigenvalue weighted by Gasteiger charge is 2.09. The van der Waals surface area contributed by atoms with Crippen molar-refractivity contribution in [2.75, 3.05) is 13.6 Å². The maximum Gasteiger partial charge on any atom is 0.215 e. The summed E-state index contributed by atoms with van der Waals surface area (Å²) in [6.45, 7) is 7.92. The second-order valence-corrected chi connectivity index (χ2v) is 9.29. The molecule has 0 fully saturated rings. The van der Waals surface area contributed by atoms with Crippen LogP contribution in [0.1, 0.15) is 33.6 Å². The molecule has 0 aliphatic rings. The fourth-order valence-electron chi connectivity index (χ4n) is 2.52. The zero-order valence-corrected chi connectivity index (χ0v) is 17.8. The SMILES string of the molecule is CCNC(=NCc1cccc(CS(=O)(=O)NC)c1)NCc1sc(C)nc1C. The van der Waals surface area contributed by atoms with E-state index in [1.54, 1.807) is 17.4 Å². The molecule has 1 aromatic heterocycles. The molecule has 0 amide bonds. The van der Waals surface area contributed by atoms with Crippen molar-refractivity contribution in [1.29, 1.82) is 0 Å². The van der Waals surface area contributed by atoms with E-state index in [1.807, 2.05) is 39.0 Å². The van der Waals surface area contributed by atoms with E-state index in [4.69, 9.17) is 0 Å². The van der Waals surface area contributed by atoms with Crippen LogP contribution in [0.3, 0.4) is 0 Å². The Morgan fingerprint density at radius 3 is 2.59 bits per heavy atom. The molecule has 0 bridgehead atoms. The third-order valence-corrected chi connectivity index (χ3v) is 6.25. The molecular formula is C18H27N5O2S2. The minimum absolute atomic E-state index is 0.0383. The van der Waals surface area contributed by atoms with E-state index in [-0.39, 0.29) is 5.75 Å². The van der Waals surface area contributed by atoms with Gasteiger partial charge in [0.2, 0.25) is 10.0 Å². The molecule has 1 heterocycles. The molecule has 0 unspecified atom stereocenters. The maximum absolute atomic E-state index is 11.7. The molecule has 148 valence electrons. The number of benzene rings is 1. The van der Waals surface area contributed by atoms with Gasteiger partial charge < -0.3 is 10.6 Å². The van der Waals surface area contributed by atoms with E-state index in [9.17, 15) is 8.42 Å². The highest BCUT2D eigenvalue weighted by molar-refractivity contribution is 7.88. The monoisotopic (exact) mass is 409 g/mol. The highest BCUT2D eigenvalue weighted by Crippen LogP contribution is 2.16. The minimum Gasteiger partial charge on any atom is -0.357 e. The van der Waals surface area contributed by atoms with Crippen LogP contribution in [0.15, 0.2) is 29.3 Å². The van der Waals surface area contributed by atoms with E-state index < -0.39 is 10.0 Å². The Bertz CT molecular complexity index is 891. The number of aliphatic imine (C=N–C) groups is 1. The summed E-state index contributed by atoms with van der Waals surface area (Å²) >= 11 is 1.68. The van der Waals surface area contributed by atoms with Crippen LogP contribution in [0.5, 0.6) is 0 Å². The zero-order chi connectivity index (χ0) is 19.9. The summed E-state index contributed by atoms with van der Waals surface area (Å²) < 4.78 is 25.8. The summed E-state index contributed by atoms with van der Waals surface area (Å²) in [5, 5.41) is 7.61. The molecule has 0 saturated carbocycles. The number of aromatic nitrogens is 1. The van der Waals surface area contributed by atoms with Crippen molar-refractivity contribution in [2.24, 2.45) is 4.99 Å². The lowest BCUT2D eigenvalue weighted by atomic mass is 10.1. The predicted octanol–water partition coefficient (Wildman–Crippen LogP) is 2.06. The molecule has 0 aliphatic heterocycles. The lowest BCUT2D eigenvalue weighted by Gasteiger charge is -2.11. The molecule has 0 spiro atoms. The Hall–Kier alpha value is -1.97. The summed E-state index contributed by atoms with van der Waals surface area (Å²) in [6.07, 6.45) is 0. The van der Waals surface area contributed by atoms with Crippen LogP contribution in [-0.2, 0) is 28.9 Å². The van der Waals surface area contributed by atoms with Crippen molar-refractivity contribution in [3.8, 4) is 0 Å². The number of aryl methyl sites for hydroxylation is 2. The van der Waals surface area contributed by atoms with Crippen LogP contribution < -0.4 is 15.4 Å². The molecule has 0 atom stereocenters. The van der Waals surface area contributed by atoms with Crippen LogP contribution in [-0.4, -0.2) is 33.0 Å². The average Bonchev–Trinajstić information content (AvgIpc) is 2.94. The van der Waals surface area contributed by atoms with Crippen LogP contribution in [0.2, 0.25) is 0 Å². The first-order chi connectivity index (χ1) is 12.8. The molecule has 2 rings (SSSR count). The van der Waals surface area contributed by atoms with Gasteiger partial charge in [-0.05, 0) is 38.9 Å². The second-order valence-electron chi connectivity index (χ2n) is 6.07. The molecule has 1 aromatic carbocycles. The van der Waals surface area contributed by atoms with Gasteiger partial charge in [0.25, 0.3) is 0 Å². The van der Waals surface area contributed by atoms with Crippen molar-refractivity contribution >= 4 is 27.3 Å². The fourth-order valence-corrected chi connectivity index (χ4v) is 4.16. The smallest absolute Gasteiger partial charge is 0.215 e. The molecule has 0 saturated heterocycles. The van der Waals surface area contributed by atoms with Gasteiger partial charge in [0.15, 0.2) is 5.96 Å². The Kier molecular flexibility index (Phi) is 7.76. The topological polar surface area (TPSA) is 95.5 Å². The van der Waals surface area contributed by atoms with Crippen molar-refractivity contribution in [2.45, 2.75) is 39.6 Å². The van der Waals surface area contributed by atoms with Gasteiger partial charge in [-0.1, -0.05) is 24.3 Å². The number of guanidine groups is 1. The maximum atomic E-state index is 11.7. The standard InChI is InChI=1S/C18H27N5O2S2/c1-5-20-18(22-11-17-13(2)23-14(3)26-17)21-10-15-7-6-8-16(9-15)12-27(24,25)19-4/h6-9,19H,5,10-12H2,1-4H3,(H2,20,21,22). The summed E-state index contributed by atoms with van der Waals surface area (Å²) in [4.78, 5) is 10.2. The third kappa shape index (κ3) is 6.93. The Morgan fingerprint density at radius 1 is 1.22 bits per heavy atom. The van der Waals surface area contributed by atoms with Crippen molar-refractivity contribution in [3.05, 3.63) is 51.0 Å². The largest absolute Gasteiger partial charge is 0.357 e. The van der Waals surface area contributed by atoms with Gasteiger partial charge in [-0.15, -0.1) is 11.3 Å². The lowest BCUT2D eigenvalue weighted by molar-refractivity contribution is 0.587. The number of thiazole rings is 1. The van der Waals surface area contributed by atoms with Gasteiger partial charge in [-0.2, -0.15) is 0 Å². The molecule has 9 heteroatoms. The number of rotatable bonds is 8. The molecule has 7 nitrogen and oxygen atoms in total. The molecule has 3 N–H and O–H groups in total. The third-order valence-electron chi connectivity index (χ3n) is 3.84. The average molecular weight is 410 g/mol. The Balaban J connectivity index is 2.04. The lowest BCUT2D eigenvalue weighted by Crippen LogP contribution is -2.36. The molecule has 0 aliphatic carbocycles. The molecular weight excluding hydrogens is 382 g/mol. The number of hydrogen-bond donors (Lipinski definition) is 3. The van der Waals surface area contributed by atoms with E-state index in [2.05, 4.69) is 25.3 Å². The second kappa shape index (κ2) is 9.82. The van der Waals surface area contributed by atoms with Crippen LogP contribution in [0, 0.1) is 13.8 Å². The highest BCUT2D eigenvalue weighted by atomic mass is 32.2. The quantitative estimate of drug-likeness (QED) is 0.458. The number of nitrogens with zero attached hydrogens (tertiary/aromatic N) is 2. The van der Waals surface area contributed by atoms with Crippen molar-refractivity contribution in [1.82, 2.24) is 20.3 Å². The van der Waals surface area contributed by atoms with Crippen molar-refractivity contribution in [3.63, 3.8) is 0 Å². The van der Waals surface area contributed by atoms with E-state index in [0.29, 0.717) is 13.1 Å². The minimum atomic E-state index is -3.29. The van der Waals surface area contributed by atoms with Crippen LogP contribution >= 0.6 is 11.3 Å². The summed E-state index contributed by atoms with van der Waals surface area (Å²) in [7, 11) is -1.87. The van der Waals surface area contributed by atoms with E-state index in [1.165, 1.54) is 11.9 Å². The molecule has 2 aromatic rings. The Labute approximate surface area is 165 Å². The van der Waals surface area contributed by atoms with Gasteiger partial charge in [-0.25, -0.2) is 23.1 Å². The van der Waals surface area contributed by atoms with Gasteiger partial charge in [0.05, 0.1) is 29.5 Å². The number of sulfonamides is 1.